The van der Waals surface area contributed by atoms with Gasteiger partial charge in [0.2, 0.25) is 0 Å². The van der Waals surface area contributed by atoms with Crippen LogP contribution >= 0.6 is 27.3 Å². The Balaban J connectivity index is 1.29. The number of piperazine rings is 1. The number of benzene rings is 2. The lowest BCUT2D eigenvalue weighted by molar-refractivity contribution is -0.384. The first-order valence-corrected chi connectivity index (χ1v) is 12.3. The number of aromatic nitrogens is 1. The quantitative estimate of drug-likeness (QED) is 0.373. The Morgan fingerprint density at radius 3 is 2.52 bits per heavy atom. The molecule has 33 heavy (non-hydrogen) atoms. The molecule has 0 saturated carbocycles. The number of amides is 1. The minimum atomic E-state index is -0.412. The van der Waals surface area contributed by atoms with Crippen LogP contribution in [0, 0.1) is 10.1 Å². The maximum Gasteiger partial charge on any atom is 0.293 e. The number of nitrogens with zero attached hydrogens (tertiary/aromatic N) is 5. The number of nitro benzene ring substituents is 1. The third-order valence-corrected chi connectivity index (χ3v) is 7.52. The monoisotopic (exact) mass is 531 g/mol. The highest BCUT2D eigenvalue weighted by Crippen LogP contribution is 2.32. The molecule has 0 spiro atoms. The van der Waals surface area contributed by atoms with E-state index in [0.717, 1.165) is 19.8 Å². The molecule has 0 aliphatic carbocycles. The number of halogens is 1. The lowest BCUT2D eigenvalue weighted by Gasteiger charge is -2.34. The highest BCUT2D eigenvalue weighted by molar-refractivity contribution is 9.10. The van der Waals surface area contributed by atoms with E-state index in [4.69, 9.17) is 9.72 Å². The molecule has 0 unspecified atom stereocenters. The van der Waals surface area contributed by atoms with Gasteiger partial charge >= 0.3 is 0 Å². The number of rotatable bonds is 4. The summed E-state index contributed by atoms with van der Waals surface area (Å²) in [5.74, 6) is -0.181. The summed E-state index contributed by atoms with van der Waals surface area (Å²) >= 11 is 5.13. The van der Waals surface area contributed by atoms with Crippen LogP contribution in [0.5, 0.6) is 0 Å². The summed E-state index contributed by atoms with van der Waals surface area (Å²) < 4.78 is 7.48. The van der Waals surface area contributed by atoms with Gasteiger partial charge in [0.05, 0.1) is 28.4 Å². The Bertz CT molecular complexity index is 1200. The average Bonchev–Trinajstić information content (AvgIpc) is 3.27. The number of carbonyl (C=O) groups is 1. The zero-order valence-corrected chi connectivity index (χ0v) is 20.2. The van der Waals surface area contributed by atoms with Crippen LogP contribution in [0.25, 0.3) is 10.2 Å². The number of morpholine rings is 1. The number of hydrogen-bond donors (Lipinski definition) is 0. The summed E-state index contributed by atoms with van der Waals surface area (Å²) in [6.07, 6.45) is 0. The van der Waals surface area contributed by atoms with Crippen molar-refractivity contribution in [2.24, 2.45) is 0 Å². The van der Waals surface area contributed by atoms with E-state index < -0.39 is 4.92 Å². The molecule has 0 N–H and O–H groups in total. The van der Waals surface area contributed by atoms with Crippen molar-refractivity contribution in [3.05, 3.63) is 56.5 Å². The normalized spacial score (nSPS) is 16.9. The molecule has 2 saturated heterocycles. The molecule has 2 aliphatic heterocycles. The number of carbonyl (C=O) groups excluding carboxylic acids is 1. The zero-order valence-electron chi connectivity index (χ0n) is 17.8. The first-order valence-electron chi connectivity index (χ1n) is 10.7. The molecule has 2 aliphatic rings. The van der Waals surface area contributed by atoms with E-state index in [-0.39, 0.29) is 11.6 Å². The van der Waals surface area contributed by atoms with Crippen LogP contribution in [0.2, 0.25) is 0 Å². The molecule has 1 amide bonds. The van der Waals surface area contributed by atoms with Crippen LogP contribution < -0.4 is 9.80 Å². The number of thiazole rings is 1. The molecule has 5 rings (SSSR count). The van der Waals surface area contributed by atoms with Crippen molar-refractivity contribution in [3.8, 4) is 0 Å². The van der Waals surface area contributed by atoms with Crippen molar-refractivity contribution in [1.82, 2.24) is 9.88 Å². The summed E-state index contributed by atoms with van der Waals surface area (Å²) in [6.45, 7) is 4.68. The topological polar surface area (TPSA) is 92.0 Å². The highest BCUT2D eigenvalue weighted by Gasteiger charge is 2.27. The van der Waals surface area contributed by atoms with Gasteiger partial charge in [0.25, 0.3) is 11.6 Å². The largest absolute Gasteiger partial charge is 0.378 e. The van der Waals surface area contributed by atoms with Crippen molar-refractivity contribution in [1.29, 1.82) is 0 Å². The summed E-state index contributed by atoms with van der Waals surface area (Å²) in [5, 5.41) is 12.7. The molecule has 0 atom stereocenters. The second-order valence-corrected chi connectivity index (χ2v) is 9.87. The number of ether oxygens (including phenoxy) is 1. The van der Waals surface area contributed by atoms with Crippen molar-refractivity contribution < 1.29 is 14.5 Å². The molecule has 2 aromatic carbocycles. The minimum Gasteiger partial charge on any atom is -0.378 e. The molecule has 0 bridgehead atoms. The molecule has 1 aromatic heterocycles. The van der Waals surface area contributed by atoms with E-state index >= 15 is 0 Å². The van der Waals surface area contributed by atoms with Gasteiger partial charge in [-0.05, 0) is 30.3 Å². The van der Waals surface area contributed by atoms with E-state index in [9.17, 15) is 14.9 Å². The van der Waals surface area contributed by atoms with Crippen LogP contribution in [-0.4, -0.2) is 73.2 Å². The van der Waals surface area contributed by atoms with Crippen molar-refractivity contribution in [2.45, 2.75) is 0 Å². The Labute approximate surface area is 202 Å². The fraction of sp³-hybridized carbons (Fsp3) is 0.364. The first-order chi connectivity index (χ1) is 16.0. The summed E-state index contributed by atoms with van der Waals surface area (Å²) in [4.78, 5) is 35.0. The fourth-order valence-corrected chi connectivity index (χ4v) is 5.75. The number of nitro groups is 1. The SMILES string of the molecule is O=C(c1ccc(N2CCOCC2)c([N+](=O)[O-])c1)N1CCN(c2nc3ccc(Br)cc3s2)CC1. The van der Waals surface area contributed by atoms with Gasteiger partial charge in [-0.25, -0.2) is 4.98 Å². The molecule has 11 heteroatoms. The molecule has 172 valence electrons. The van der Waals surface area contributed by atoms with Crippen LogP contribution in [-0.2, 0) is 4.74 Å². The van der Waals surface area contributed by atoms with Crippen LogP contribution in [0.3, 0.4) is 0 Å². The average molecular weight is 532 g/mol. The third kappa shape index (κ3) is 4.53. The van der Waals surface area contributed by atoms with E-state index in [1.54, 1.807) is 28.4 Å². The predicted octanol–water partition coefficient (Wildman–Crippen LogP) is 3.77. The maximum atomic E-state index is 13.1. The second kappa shape index (κ2) is 9.24. The van der Waals surface area contributed by atoms with Crippen molar-refractivity contribution in [2.75, 3.05) is 62.3 Å². The van der Waals surface area contributed by atoms with Crippen LogP contribution in [0.1, 0.15) is 10.4 Å². The molecule has 0 radical (unpaired) electrons. The Morgan fingerprint density at radius 1 is 1.03 bits per heavy atom. The van der Waals surface area contributed by atoms with Gasteiger partial charge in [0.1, 0.15) is 5.69 Å². The fourth-order valence-electron chi connectivity index (χ4n) is 4.18. The van der Waals surface area contributed by atoms with Gasteiger partial charge in [0, 0.05) is 55.4 Å². The van der Waals surface area contributed by atoms with Crippen LogP contribution in [0.4, 0.5) is 16.5 Å². The maximum absolute atomic E-state index is 13.1. The first kappa shape index (κ1) is 22.1. The smallest absolute Gasteiger partial charge is 0.293 e. The van der Waals surface area contributed by atoms with E-state index in [1.807, 2.05) is 17.0 Å². The molecule has 3 aromatic rings. The Morgan fingerprint density at radius 2 is 1.79 bits per heavy atom. The van der Waals surface area contributed by atoms with Gasteiger partial charge < -0.3 is 19.4 Å². The summed E-state index contributed by atoms with van der Waals surface area (Å²) in [5.41, 5.74) is 1.80. The Kier molecular flexibility index (Phi) is 6.17. The highest BCUT2D eigenvalue weighted by atomic mass is 79.9. The lowest BCUT2D eigenvalue weighted by atomic mass is 10.1. The molecular weight excluding hydrogens is 510 g/mol. The van der Waals surface area contributed by atoms with E-state index in [1.165, 1.54) is 6.07 Å². The van der Waals surface area contributed by atoms with Gasteiger partial charge in [-0.1, -0.05) is 27.3 Å². The minimum absolute atomic E-state index is 0.0398. The number of fused-ring (bicyclic) bond motifs is 1. The molecule has 2 fully saturated rings. The lowest BCUT2D eigenvalue weighted by Crippen LogP contribution is -2.48. The van der Waals surface area contributed by atoms with Gasteiger partial charge in [-0.3, -0.25) is 14.9 Å². The van der Waals surface area contributed by atoms with E-state index in [0.29, 0.717) is 63.7 Å². The zero-order chi connectivity index (χ0) is 22.9. The van der Waals surface area contributed by atoms with Crippen LogP contribution in [0.15, 0.2) is 40.9 Å². The number of anilines is 2. The summed E-state index contributed by atoms with van der Waals surface area (Å²) in [7, 11) is 0. The van der Waals surface area contributed by atoms with E-state index in [2.05, 4.69) is 26.9 Å². The number of hydrogen-bond acceptors (Lipinski definition) is 8. The second-order valence-electron chi connectivity index (χ2n) is 7.95. The Hall–Kier alpha value is -2.76. The van der Waals surface area contributed by atoms with Gasteiger partial charge in [-0.15, -0.1) is 0 Å². The molecule has 3 heterocycles. The van der Waals surface area contributed by atoms with Crippen molar-refractivity contribution in [3.63, 3.8) is 0 Å². The standard InChI is InChI=1S/C22H22BrN5O4S/c23-16-2-3-17-20(14-16)33-22(24-17)27-7-5-26(6-8-27)21(29)15-1-4-18(19(13-15)28(30)31)25-9-11-32-12-10-25/h1-4,13-14H,5-12H2. The predicted molar refractivity (Wildman–Crippen MR) is 132 cm³/mol. The van der Waals surface area contributed by atoms with Gasteiger partial charge in [0.15, 0.2) is 5.13 Å². The summed E-state index contributed by atoms with van der Waals surface area (Å²) in [6, 6.07) is 10.8. The molecule has 9 nitrogen and oxygen atoms in total. The third-order valence-electron chi connectivity index (χ3n) is 5.95. The molecular formula is C22H22BrN5O4S. The van der Waals surface area contributed by atoms with Gasteiger partial charge in [-0.2, -0.15) is 0 Å². The van der Waals surface area contributed by atoms with Crippen molar-refractivity contribution >= 4 is 59.9 Å².